The molecule has 0 amide bonds. The first-order chi connectivity index (χ1) is 7.48. The lowest BCUT2D eigenvalue weighted by Crippen LogP contribution is -2.16. The maximum Gasteiger partial charge on any atom is 0.243 e. The second-order valence-corrected chi connectivity index (χ2v) is 5.98. The van der Waals surface area contributed by atoms with Crippen molar-refractivity contribution in [1.29, 1.82) is 0 Å². The molecule has 1 unspecified atom stereocenters. The molecule has 0 aromatic heterocycles. The van der Waals surface area contributed by atoms with Crippen molar-refractivity contribution in [3.63, 3.8) is 0 Å². The minimum Gasteiger partial charge on any atom is -0.395 e. The fourth-order valence-corrected chi connectivity index (χ4v) is 3.69. The second kappa shape index (κ2) is 3.84. The summed E-state index contributed by atoms with van der Waals surface area (Å²) in [5, 5.41) is 9.00. The smallest absolute Gasteiger partial charge is 0.243 e. The fraction of sp³-hybridized carbons (Fsp3) is 0.455. The molecular formula is C11H15NO3S. The number of nitrogens with zero attached hydrogens (tertiary/aromatic N) is 1. The molecule has 0 aliphatic carbocycles. The molecule has 88 valence electrons. The van der Waals surface area contributed by atoms with E-state index in [0.29, 0.717) is 4.90 Å². The summed E-state index contributed by atoms with van der Waals surface area (Å²) in [4.78, 5) is 0.292. The second-order valence-electron chi connectivity index (χ2n) is 4.14. The van der Waals surface area contributed by atoms with Gasteiger partial charge in [-0.05, 0) is 26.0 Å². The van der Waals surface area contributed by atoms with Gasteiger partial charge in [0.1, 0.15) is 0 Å². The van der Waals surface area contributed by atoms with Gasteiger partial charge in [0.05, 0.1) is 17.5 Å². The third kappa shape index (κ3) is 1.75. The Morgan fingerprint density at radius 3 is 2.31 bits per heavy atom. The van der Waals surface area contributed by atoms with Gasteiger partial charge in [-0.15, -0.1) is 0 Å². The molecule has 1 heterocycles. The monoisotopic (exact) mass is 241 g/mol. The van der Waals surface area contributed by atoms with E-state index in [1.165, 1.54) is 4.31 Å². The molecule has 1 fully saturated rings. The van der Waals surface area contributed by atoms with Crippen LogP contribution in [0.4, 0.5) is 0 Å². The summed E-state index contributed by atoms with van der Waals surface area (Å²) in [5.74, 6) is 0. The van der Waals surface area contributed by atoms with Crippen molar-refractivity contribution < 1.29 is 13.5 Å². The number of aliphatic hydroxyl groups is 1. The lowest BCUT2D eigenvalue weighted by atomic mass is 10.2. The molecule has 1 aliphatic heterocycles. The highest BCUT2D eigenvalue weighted by molar-refractivity contribution is 7.89. The molecule has 1 saturated heterocycles. The summed E-state index contributed by atoms with van der Waals surface area (Å²) in [7, 11) is -3.42. The summed E-state index contributed by atoms with van der Waals surface area (Å²) in [5.41, 5.74) is 1.02. The maximum absolute atomic E-state index is 12.1. The molecule has 0 saturated carbocycles. The normalized spacial score (nSPS) is 29.1. The predicted molar refractivity (Wildman–Crippen MR) is 60.5 cm³/mol. The van der Waals surface area contributed by atoms with Crippen LogP contribution >= 0.6 is 0 Å². The molecule has 0 bridgehead atoms. The van der Waals surface area contributed by atoms with Crippen molar-refractivity contribution in [2.24, 2.45) is 0 Å². The Morgan fingerprint density at radius 2 is 1.88 bits per heavy atom. The van der Waals surface area contributed by atoms with Gasteiger partial charge in [-0.3, -0.25) is 0 Å². The van der Waals surface area contributed by atoms with E-state index in [9.17, 15) is 8.42 Å². The Balaban J connectivity index is 2.31. The van der Waals surface area contributed by atoms with Gasteiger partial charge in [0, 0.05) is 6.04 Å². The SMILES string of the molecule is Cc1ccc(S(=O)(=O)N2[C@H](CO)[C@@H]2C)cc1. The summed E-state index contributed by atoms with van der Waals surface area (Å²) in [6.07, 6.45) is 0. The number of benzene rings is 1. The van der Waals surface area contributed by atoms with E-state index >= 15 is 0 Å². The zero-order valence-corrected chi connectivity index (χ0v) is 10.1. The van der Waals surface area contributed by atoms with E-state index in [1.807, 2.05) is 6.92 Å². The minimum absolute atomic E-state index is 0.101. The van der Waals surface area contributed by atoms with E-state index in [2.05, 4.69) is 0 Å². The first-order valence-electron chi connectivity index (χ1n) is 5.19. The first kappa shape index (κ1) is 11.6. The molecule has 2 rings (SSSR count). The number of sulfonamides is 1. The average molecular weight is 241 g/mol. The summed E-state index contributed by atoms with van der Waals surface area (Å²) in [6, 6.07) is 6.39. The first-order valence-corrected chi connectivity index (χ1v) is 6.63. The van der Waals surface area contributed by atoms with Crippen molar-refractivity contribution in [2.45, 2.75) is 30.8 Å². The maximum atomic E-state index is 12.1. The molecule has 1 aromatic rings. The van der Waals surface area contributed by atoms with Crippen LogP contribution in [-0.2, 0) is 10.0 Å². The highest BCUT2D eigenvalue weighted by Crippen LogP contribution is 2.34. The number of rotatable bonds is 3. The van der Waals surface area contributed by atoms with Crippen LogP contribution in [0.1, 0.15) is 12.5 Å². The molecule has 16 heavy (non-hydrogen) atoms. The van der Waals surface area contributed by atoms with Gasteiger partial charge in [-0.1, -0.05) is 17.7 Å². The van der Waals surface area contributed by atoms with Gasteiger partial charge in [-0.2, -0.15) is 4.31 Å². The lowest BCUT2D eigenvalue weighted by Gasteiger charge is -2.06. The molecule has 0 spiro atoms. The van der Waals surface area contributed by atoms with Crippen LogP contribution in [0.15, 0.2) is 29.2 Å². The fourth-order valence-electron chi connectivity index (χ4n) is 1.85. The van der Waals surface area contributed by atoms with Crippen molar-refractivity contribution in [2.75, 3.05) is 6.61 Å². The molecule has 1 aliphatic rings. The molecule has 4 nitrogen and oxygen atoms in total. The van der Waals surface area contributed by atoms with Gasteiger partial charge in [-0.25, -0.2) is 8.42 Å². The van der Waals surface area contributed by atoms with Crippen LogP contribution in [0.25, 0.3) is 0 Å². The molecule has 5 heteroatoms. The molecule has 0 radical (unpaired) electrons. The van der Waals surface area contributed by atoms with Gasteiger partial charge < -0.3 is 5.11 Å². The third-order valence-corrected chi connectivity index (χ3v) is 5.01. The Bertz CT molecular complexity index is 480. The van der Waals surface area contributed by atoms with E-state index in [1.54, 1.807) is 31.2 Å². The van der Waals surface area contributed by atoms with E-state index in [4.69, 9.17) is 5.11 Å². The van der Waals surface area contributed by atoms with Gasteiger partial charge in [0.15, 0.2) is 0 Å². The van der Waals surface area contributed by atoms with Crippen molar-refractivity contribution in [3.05, 3.63) is 29.8 Å². The molecule has 1 N–H and O–H groups in total. The van der Waals surface area contributed by atoms with E-state index in [0.717, 1.165) is 5.56 Å². The van der Waals surface area contributed by atoms with Gasteiger partial charge >= 0.3 is 0 Å². The standard InChI is InChI=1S/C11H15NO3S/c1-8-3-5-10(6-4-8)16(14,15)12-9(2)11(12)7-13/h3-6,9,11,13H,7H2,1-2H3/t9-,11+,12?/m0/s1. The summed E-state index contributed by atoms with van der Waals surface area (Å²) < 4.78 is 25.5. The zero-order valence-electron chi connectivity index (χ0n) is 9.29. The van der Waals surface area contributed by atoms with E-state index in [-0.39, 0.29) is 18.7 Å². The van der Waals surface area contributed by atoms with Gasteiger partial charge in [0.25, 0.3) is 0 Å². The van der Waals surface area contributed by atoms with Crippen LogP contribution < -0.4 is 0 Å². The van der Waals surface area contributed by atoms with Crippen LogP contribution in [-0.4, -0.2) is 36.5 Å². The predicted octanol–water partition coefficient (Wildman–Crippen LogP) is 0.749. The van der Waals surface area contributed by atoms with Crippen molar-refractivity contribution in [1.82, 2.24) is 4.31 Å². The van der Waals surface area contributed by atoms with Crippen molar-refractivity contribution >= 4 is 10.0 Å². The van der Waals surface area contributed by atoms with Crippen LogP contribution in [0.5, 0.6) is 0 Å². The highest BCUT2D eigenvalue weighted by Gasteiger charge is 2.52. The largest absolute Gasteiger partial charge is 0.395 e. The van der Waals surface area contributed by atoms with Crippen LogP contribution in [0, 0.1) is 6.92 Å². The Morgan fingerprint density at radius 1 is 1.31 bits per heavy atom. The topological polar surface area (TPSA) is 57.4 Å². The Hall–Kier alpha value is -0.910. The average Bonchev–Trinajstić information content (AvgIpc) is 2.90. The number of hydrogen-bond acceptors (Lipinski definition) is 3. The molecule has 3 atom stereocenters. The highest BCUT2D eigenvalue weighted by atomic mass is 32.2. The van der Waals surface area contributed by atoms with Crippen LogP contribution in [0.3, 0.4) is 0 Å². The van der Waals surface area contributed by atoms with Crippen LogP contribution in [0.2, 0.25) is 0 Å². The Kier molecular flexibility index (Phi) is 2.77. The quantitative estimate of drug-likeness (QED) is 0.794. The third-order valence-electron chi connectivity index (χ3n) is 2.98. The van der Waals surface area contributed by atoms with E-state index < -0.39 is 10.0 Å². The molecule has 1 aromatic carbocycles. The Labute approximate surface area is 95.6 Å². The number of aryl methyl sites for hydroxylation is 1. The summed E-state index contributed by atoms with van der Waals surface area (Å²) >= 11 is 0. The van der Waals surface area contributed by atoms with Crippen molar-refractivity contribution in [3.8, 4) is 0 Å². The minimum atomic E-state index is -3.42. The zero-order chi connectivity index (χ0) is 11.9. The molecular weight excluding hydrogens is 226 g/mol. The van der Waals surface area contributed by atoms with Gasteiger partial charge in [0.2, 0.25) is 10.0 Å². The number of hydrogen-bond donors (Lipinski definition) is 1. The number of aliphatic hydroxyl groups excluding tert-OH is 1. The lowest BCUT2D eigenvalue weighted by molar-refractivity contribution is 0.286. The summed E-state index contributed by atoms with van der Waals surface area (Å²) in [6.45, 7) is 3.59.